The van der Waals surface area contributed by atoms with E-state index in [9.17, 15) is 0 Å². The van der Waals surface area contributed by atoms with Gasteiger partial charge in [-0.1, -0.05) is 91.0 Å². The first-order valence-corrected chi connectivity index (χ1v) is 11.6. The van der Waals surface area contributed by atoms with Crippen molar-refractivity contribution >= 4 is 5.57 Å². The van der Waals surface area contributed by atoms with Crippen LogP contribution in [-0.2, 0) is 5.41 Å². The van der Waals surface area contributed by atoms with Gasteiger partial charge >= 0.3 is 0 Å². The Morgan fingerprint density at radius 3 is 2.28 bits per heavy atom. The number of allylic oxidation sites excluding steroid dienone is 8. The molecule has 32 heavy (non-hydrogen) atoms. The highest BCUT2D eigenvalue weighted by molar-refractivity contribution is 5.92. The van der Waals surface area contributed by atoms with Crippen LogP contribution in [0.3, 0.4) is 0 Å². The average molecular weight is 415 g/mol. The molecular formula is C32H30. The van der Waals surface area contributed by atoms with Crippen LogP contribution in [0, 0.1) is 13.8 Å². The van der Waals surface area contributed by atoms with Crippen molar-refractivity contribution in [1.29, 1.82) is 0 Å². The molecule has 5 rings (SSSR count). The van der Waals surface area contributed by atoms with Crippen molar-refractivity contribution in [3.05, 3.63) is 136 Å². The molecule has 3 aromatic rings. The summed E-state index contributed by atoms with van der Waals surface area (Å²) < 4.78 is 0. The van der Waals surface area contributed by atoms with E-state index in [0.717, 1.165) is 6.42 Å². The highest BCUT2D eigenvalue weighted by Gasteiger charge is 2.48. The van der Waals surface area contributed by atoms with Gasteiger partial charge < -0.3 is 0 Å². The minimum absolute atomic E-state index is 0.269. The summed E-state index contributed by atoms with van der Waals surface area (Å²) in [5.74, 6) is 0. The lowest BCUT2D eigenvalue weighted by atomic mass is 9.66. The van der Waals surface area contributed by atoms with E-state index in [1.54, 1.807) is 0 Å². The molecule has 3 aromatic carbocycles. The molecular weight excluding hydrogens is 384 g/mol. The van der Waals surface area contributed by atoms with Gasteiger partial charge in [-0.15, -0.1) is 0 Å². The second kappa shape index (κ2) is 7.95. The molecule has 2 aliphatic carbocycles. The molecule has 0 saturated heterocycles. The van der Waals surface area contributed by atoms with Crippen molar-refractivity contribution in [3.63, 3.8) is 0 Å². The highest BCUT2D eigenvalue weighted by atomic mass is 14.5. The zero-order valence-electron chi connectivity index (χ0n) is 19.4. The summed E-state index contributed by atoms with van der Waals surface area (Å²) in [6.07, 6.45) is 12.5. The number of rotatable bonds is 4. The predicted molar refractivity (Wildman–Crippen MR) is 138 cm³/mol. The first kappa shape index (κ1) is 20.5. The van der Waals surface area contributed by atoms with Crippen molar-refractivity contribution in [3.8, 4) is 11.1 Å². The Balaban J connectivity index is 1.87. The maximum Gasteiger partial charge on any atom is 0.0707 e. The van der Waals surface area contributed by atoms with Crippen LogP contribution < -0.4 is 0 Å². The van der Waals surface area contributed by atoms with E-state index in [2.05, 4.69) is 125 Å². The van der Waals surface area contributed by atoms with Crippen LogP contribution in [0.15, 0.2) is 108 Å². The largest absolute Gasteiger partial charge is 0.0873 e. The fourth-order valence-electron chi connectivity index (χ4n) is 5.78. The van der Waals surface area contributed by atoms with Crippen LogP contribution in [0.1, 0.15) is 48.1 Å². The lowest BCUT2D eigenvalue weighted by molar-refractivity contribution is 0.758. The van der Waals surface area contributed by atoms with Crippen molar-refractivity contribution < 1.29 is 0 Å². The molecule has 0 aromatic heterocycles. The quantitative estimate of drug-likeness (QED) is 0.375. The molecule has 158 valence electrons. The Kier molecular flexibility index (Phi) is 5.10. The van der Waals surface area contributed by atoms with Crippen LogP contribution >= 0.6 is 0 Å². The normalized spacial score (nSPS) is 19.7. The van der Waals surface area contributed by atoms with E-state index >= 15 is 0 Å². The molecule has 2 aliphatic rings. The zero-order valence-corrected chi connectivity index (χ0v) is 19.4. The smallest absolute Gasteiger partial charge is 0.0707 e. The van der Waals surface area contributed by atoms with Gasteiger partial charge in [0.15, 0.2) is 0 Å². The average Bonchev–Trinajstić information content (AvgIpc) is 3.39. The minimum Gasteiger partial charge on any atom is -0.0873 e. The minimum atomic E-state index is -0.269. The second-order valence-corrected chi connectivity index (χ2v) is 8.89. The van der Waals surface area contributed by atoms with E-state index in [-0.39, 0.29) is 5.41 Å². The zero-order chi connectivity index (χ0) is 22.3. The van der Waals surface area contributed by atoms with E-state index in [4.69, 9.17) is 0 Å². The van der Waals surface area contributed by atoms with E-state index in [0.29, 0.717) is 0 Å². The van der Waals surface area contributed by atoms with Crippen molar-refractivity contribution in [2.75, 3.05) is 0 Å². The molecule has 0 fully saturated rings. The highest BCUT2D eigenvalue weighted by Crippen LogP contribution is 2.58. The van der Waals surface area contributed by atoms with Gasteiger partial charge in [0.05, 0.1) is 5.41 Å². The Morgan fingerprint density at radius 1 is 0.812 bits per heavy atom. The number of benzene rings is 3. The fraction of sp³-hybridized carbons (Fsp3) is 0.188. The molecule has 0 saturated carbocycles. The number of hydrogen-bond donors (Lipinski definition) is 0. The first-order chi connectivity index (χ1) is 15.6. The summed E-state index contributed by atoms with van der Waals surface area (Å²) in [7, 11) is 0. The van der Waals surface area contributed by atoms with Crippen molar-refractivity contribution in [2.24, 2.45) is 0 Å². The van der Waals surface area contributed by atoms with Crippen LogP contribution in [0.5, 0.6) is 0 Å². The molecule has 0 nitrogen and oxygen atoms in total. The van der Waals surface area contributed by atoms with Crippen molar-refractivity contribution in [1.82, 2.24) is 0 Å². The third kappa shape index (κ3) is 2.83. The van der Waals surface area contributed by atoms with Crippen LogP contribution in [-0.4, -0.2) is 0 Å². The molecule has 1 unspecified atom stereocenters. The molecule has 0 radical (unpaired) electrons. The van der Waals surface area contributed by atoms with Gasteiger partial charge in [0.1, 0.15) is 0 Å². The third-order valence-electron chi connectivity index (χ3n) is 7.16. The van der Waals surface area contributed by atoms with E-state index < -0.39 is 0 Å². The van der Waals surface area contributed by atoms with Gasteiger partial charge in [0.25, 0.3) is 0 Å². The Morgan fingerprint density at radius 2 is 1.56 bits per heavy atom. The molecule has 0 bridgehead atoms. The molecule has 0 aliphatic heterocycles. The third-order valence-corrected chi connectivity index (χ3v) is 7.16. The number of fused-ring (bicyclic) bond motifs is 2. The summed E-state index contributed by atoms with van der Waals surface area (Å²) in [5, 5.41) is 0. The SMILES string of the molecule is C/C=C\C(=C/C)C1(c2ccccc2)C2=C(CC=C2)c2cc(-c3ccccc3C)c(C)cc21. The molecule has 0 heterocycles. The van der Waals surface area contributed by atoms with Crippen molar-refractivity contribution in [2.45, 2.75) is 39.5 Å². The lowest BCUT2D eigenvalue weighted by Crippen LogP contribution is -2.29. The molecule has 0 spiro atoms. The molecule has 0 N–H and O–H groups in total. The van der Waals surface area contributed by atoms with Gasteiger partial charge in [-0.2, -0.15) is 0 Å². The summed E-state index contributed by atoms with van der Waals surface area (Å²) in [4.78, 5) is 0. The van der Waals surface area contributed by atoms with Gasteiger partial charge in [-0.05, 0) is 95.8 Å². The number of aryl methyl sites for hydroxylation is 2. The van der Waals surface area contributed by atoms with Gasteiger partial charge in [0.2, 0.25) is 0 Å². The predicted octanol–water partition coefficient (Wildman–Crippen LogP) is 8.51. The second-order valence-electron chi connectivity index (χ2n) is 8.89. The monoisotopic (exact) mass is 414 g/mol. The van der Waals surface area contributed by atoms with Crippen LogP contribution in [0.4, 0.5) is 0 Å². The maximum atomic E-state index is 2.46. The van der Waals surface area contributed by atoms with E-state index in [1.807, 2.05) is 0 Å². The molecule has 0 amide bonds. The summed E-state index contributed by atoms with van der Waals surface area (Å²) in [5.41, 5.74) is 13.5. The standard InChI is InChI=1S/C32H30/c1-5-13-24(6-2)32(25-15-8-7-9-16-25)30-19-12-18-27(30)29-21-28(23(4)20-31(29)32)26-17-11-10-14-22(26)3/h5-17,19-21H,18H2,1-4H3/b13-5-,24-6+. The van der Waals surface area contributed by atoms with Gasteiger partial charge in [0, 0.05) is 0 Å². The van der Waals surface area contributed by atoms with E-state index in [1.165, 1.54) is 55.7 Å². The lowest BCUT2D eigenvalue weighted by Gasteiger charge is -2.36. The Bertz CT molecular complexity index is 1310. The summed E-state index contributed by atoms with van der Waals surface area (Å²) >= 11 is 0. The first-order valence-electron chi connectivity index (χ1n) is 11.6. The van der Waals surface area contributed by atoms with Crippen LogP contribution in [0.2, 0.25) is 0 Å². The maximum absolute atomic E-state index is 2.46. The number of hydrogen-bond acceptors (Lipinski definition) is 0. The molecule has 0 heteroatoms. The topological polar surface area (TPSA) is 0 Å². The Labute approximate surface area is 192 Å². The summed E-state index contributed by atoms with van der Waals surface area (Å²) in [6, 6.07) is 24.7. The summed E-state index contributed by atoms with van der Waals surface area (Å²) in [6.45, 7) is 8.76. The molecule has 1 atom stereocenters. The van der Waals surface area contributed by atoms with Crippen LogP contribution in [0.25, 0.3) is 16.7 Å². The fourth-order valence-corrected chi connectivity index (χ4v) is 5.78. The Hall–Kier alpha value is -3.38. The van der Waals surface area contributed by atoms with Gasteiger partial charge in [-0.25, -0.2) is 0 Å². The van der Waals surface area contributed by atoms with Gasteiger partial charge in [-0.3, -0.25) is 0 Å².